The summed E-state index contributed by atoms with van der Waals surface area (Å²) in [4.78, 5) is 0. The molecule has 1 atom stereocenters. The number of benzene rings is 1. The summed E-state index contributed by atoms with van der Waals surface area (Å²) in [6, 6.07) is 5.02. The van der Waals surface area contributed by atoms with Gasteiger partial charge in [-0.15, -0.1) is 0 Å². The number of rotatable bonds is 2. The van der Waals surface area contributed by atoms with Gasteiger partial charge >= 0.3 is 0 Å². The fourth-order valence-electron chi connectivity index (χ4n) is 2.20. The van der Waals surface area contributed by atoms with Crippen LogP contribution in [0.1, 0.15) is 24.0 Å². The number of aryl methyl sites for hydroxylation is 2. The van der Waals surface area contributed by atoms with Crippen molar-refractivity contribution >= 4 is 33.4 Å². The smallest absolute Gasteiger partial charge is 0.0402 e. The second-order valence-corrected chi connectivity index (χ2v) is 6.54. The molecule has 0 aromatic heterocycles. The van der Waals surface area contributed by atoms with Gasteiger partial charge in [0.1, 0.15) is 0 Å². The van der Waals surface area contributed by atoms with E-state index < -0.39 is 0 Å². The van der Waals surface area contributed by atoms with Gasteiger partial charge in [-0.2, -0.15) is 11.8 Å². The van der Waals surface area contributed by atoms with Crippen molar-refractivity contribution in [3.8, 4) is 0 Å². The van der Waals surface area contributed by atoms with Gasteiger partial charge in [0.05, 0.1) is 0 Å². The summed E-state index contributed by atoms with van der Waals surface area (Å²) in [6.45, 7) is 4.35. The van der Waals surface area contributed by atoms with Gasteiger partial charge < -0.3 is 5.32 Å². The van der Waals surface area contributed by atoms with Crippen LogP contribution >= 0.6 is 27.7 Å². The highest BCUT2D eigenvalue weighted by molar-refractivity contribution is 9.10. The van der Waals surface area contributed by atoms with Crippen molar-refractivity contribution in [2.24, 2.45) is 0 Å². The van der Waals surface area contributed by atoms with Crippen LogP contribution in [0.4, 0.5) is 5.69 Å². The fourth-order valence-corrected chi connectivity index (χ4v) is 3.96. The van der Waals surface area contributed by atoms with E-state index >= 15 is 0 Å². The van der Waals surface area contributed by atoms with E-state index in [1.165, 1.54) is 45.6 Å². The Labute approximate surface area is 111 Å². The third-order valence-electron chi connectivity index (χ3n) is 3.01. The van der Waals surface area contributed by atoms with E-state index in [2.05, 4.69) is 59.0 Å². The first-order valence-corrected chi connectivity index (χ1v) is 7.72. The molecule has 1 unspecified atom stereocenters. The van der Waals surface area contributed by atoms with Gasteiger partial charge in [-0.05, 0) is 55.7 Å². The zero-order valence-corrected chi connectivity index (χ0v) is 12.2. The molecule has 0 spiro atoms. The second-order valence-electron chi connectivity index (χ2n) is 4.47. The maximum atomic E-state index is 3.70. The molecule has 1 aromatic carbocycles. The summed E-state index contributed by atoms with van der Waals surface area (Å²) in [6.07, 6.45) is 2.65. The van der Waals surface area contributed by atoms with Crippen LogP contribution in [-0.4, -0.2) is 17.5 Å². The summed E-state index contributed by atoms with van der Waals surface area (Å²) >= 11 is 5.61. The van der Waals surface area contributed by atoms with E-state index in [9.17, 15) is 0 Å². The van der Waals surface area contributed by atoms with Crippen molar-refractivity contribution in [2.75, 3.05) is 16.8 Å². The molecule has 1 aliphatic heterocycles. The Bertz CT molecular complexity index is 349. The standard InChI is InChI=1S/C13H18BrNS/c1-9-6-11(14)7-10(2)13(9)15-12-4-3-5-16-8-12/h6-7,12,15H,3-5,8H2,1-2H3. The van der Waals surface area contributed by atoms with Crippen molar-refractivity contribution in [3.05, 3.63) is 27.7 Å². The first-order valence-electron chi connectivity index (χ1n) is 5.78. The summed E-state index contributed by atoms with van der Waals surface area (Å²) < 4.78 is 1.17. The molecule has 1 aliphatic rings. The molecule has 1 aromatic rings. The van der Waals surface area contributed by atoms with Crippen molar-refractivity contribution in [1.29, 1.82) is 0 Å². The van der Waals surface area contributed by atoms with E-state index in [0.717, 1.165) is 0 Å². The lowest BCUT2D eigenvalue weighted by atomic mass is 10.1. The van der Waals surface area contributed by atoms with Gasteiger partial charge in [0.25, 0.3) is 0 Å². The fraction of sp³-hybridized carbons (Fsp3) is 0.538. The lowest BCUT2D eigenvalue weighted by molar-refractivity contribution is 0.684. The molecule has 1 N–H and O–H groups in total. The van der Waals surface area contributed by atoms with Crippen molar-refractivity contribution in [3.63, 3.8) is 0 Å². The number of hydrogen-bond acceptors (Lipinski definition) is 2. The summed E-state index contributed by atoms with van der Waals surface area (Å²) in [5, 5.41) is 3.70. The molecule has 0 saturated carbocycles. The molecule has 1 fully saturated rings. The van der Waals surface area contributed by atoms with Crippen molar-refractivity contribution in [2.45, 2.75) is 32.7 Å². The average Bonchev–Trinajstić information content (AvgIpc) is 2.25. The first kappa shape index (κ1) is 12.3. The highest BCUT2D eigenvalue weighted by Crippen LogP contribution is 2.28. The molecule has 0 aliphatic carbocycles. The lowest BCUT2D eigenvalue weighted by Gasteiger charge is -2.25. The first-order chi connectivity index (χ1) is 7.66. The largest absolute Gasteiger partial charge is 0.381 e. The Morgan fingerprint density at radius 2 is 2.00 bits per heavy atom. The molecule has 0 amide bonds. The molecule has 2 rings (SSSR count). The molecule has 0 radical (unpaired) electrons. The summed E-state index contributed by atoms with van der Waals surface area (Å²) in [5.74, 6) is 2.57. The van der Waals surface area contributed by atoms with Crippen LogP contribution < -0.4 is 5.32 Å². The van der Waals surface area contributed by atoms with E-state index in [1.807, 2.05) is 0 Å². The number of anilines is 1. The molecule has 1 nitrogen and oxygen atoms in total. The van der Waals surface area contributed by atoms with Gasteiger partial charge in [0.15, 0.2) is 0 Å². The van der Waals surface area contributed by atoms with E-state index in [4.69, 9.17) is 0 Å². The maximum absolute atomic E-state index is 3.70. The molecule has 1 saturated heterocycles. The van der Waals surface area contributed by atoms with Gasteiger partial charge in [-0.25, -0.2) is 0 Å². The van der Waals surface area contributed by atoms with Crippen LogP contribution in [0.3, 0.4) is 0 Å². The lowest BCUT2D eigenvalue weighted by Crippen LogP contribution is -2.26. The van der Waals surface area contributed by atoms with Gasteiger partial charge in [0.2, 0.25) is 0 Å². The molecule has 0 bridgehead atoms. The monoisotopic (exact) mass is 299 g/mol. The summed E-state index contributed by atoms with van der Waals surface area (Å²) in [5.41, 5.74) is 4.00. The van der Waals surface area contributed by atoms with Crippen molar-refractivity contribution in [1.82, 2.24) is 0 Å². The Morgan fingerprint density at radius 1 is 1.31 bits per heavy atom. The van der Waals surface area contributed by atoms with Crippen LogP contribution in [0.15, 0.2) is 16.6 Å². The SMILES string of the molecule is Cc1cc(Br)cc(C)c1NC1CCCSC1. The Balaban J connectivity index is 2.14. The topological polar surface area (TPSA) is 12.0 Å². The number of hydrogen-bond donors (Lipinski definition) is 1. The minimum Gasteiger partial charge on any atom is -0.381 e. The van der Waals surface area contributed by atoms with Gasteiger partial charge in [0, 0.05) is 22.0 Å². The molecule has 3 heteroatoms. The predicted molar refractivity (Wildman–Crippen MR) is 77.6 cm³/mol. The Hall–Kier alpha value is -0.150. The zero-order chi connectivity index (χ0) is 11.5. The Morgan fingerprint density at radius 3 is 2.56 bits per heavy atom. The summed E-state index contributed by atoms with van der Waals surface area (Å²) in [7, 11) is 0. The third-order valence-corrected chi connectivity index (χ3v) is 4.68. The minimum absolute atomic E-state index is 0.650. The second kappa shape index (κ2) is 5.46. The zero-order valence-electron chi connectivity index (χ0n) is 9.85. The van der Waals surface area contributed by atoms with E-state index in [-0.39, 0.29) is 0 Å². The third kappa shape index (κ3) is 2.95. The van der Waals surface area contributed by atoms with Gasteiger partial charge in [-0.3, -0.25) is 0 Å². The number of halogens is 1. The average molecular weight is 300 g/mol. The van der Waals surface area contributed by atoms with Crippen molar-refractivity contribution < 1.29 is 0 Å². The molecule has 16 heavy (non-hydrogen) atoms. The minimum atomic E-state index is 0.650. The molecular formula is C13H18BrNS. The normalized spacial score (nSPS) is 20.8. The number of nitrogens with one attached hydrogen (secondary N) is 1. The van der Waals surface area contributed by atoms with E-state index in [1.54, 1.807) is 0 Å². The van der Waals surface area contributed by atoms with Crippen LogP contribution in [0.25, 0.3) is 0 Å². The van der Waals surface area contributed by atoms with Crippen LogP contribution in [0.5, 0.6) is 0 Å². The highest BCUT2D eigenvalue weighted by atomic mass is 79.9. The maximum Gasteiger partial charge on any atom is 0.0402 e. The Kier molecular flexibility index (Phi) is 4.20. The predicted octanol–water partition coefficient (Wildman–Crippen LogP) is 4.37. The van der Waals surface area contributed by atoms with Crippen LogP contribution in [-0.2, 0) is 0 Å². The molecular weight excluding hydrogens is 282 g/mol. The number of thioether (sulfide) groups is 1. The van der Waals surface area contributed by atoms with Crippen LogP contribution in [0.2, 0.25) is 0 Å². The quantitative estimate of drug-likeness (QED) is 0.870. The van der Waals surface area contributed by atoms with Gasteiger partial charge in [-0.1, -0.05) is 15.9 Å². The molecule has 1 heterocycles. The van der Waals surface area contributed by atoms with E-state index in [0.29, 0.717) is 6.04 Å². The molecule has 88 valence electrons. The highest BCUT2D eigenvalue weighted by Gasteiger charge is 2.15. The van der Waals surface area contributed by atoms with Crippen LogP contribution in [0, 0.1) is 13.8 Å².